The molecular formula is C40H53N5O8. The summed E-state index contributed by atoms with van der Waals surface area (Å²) < 4.78 is 11.5. The van der Waals surface area contributed by atoms with Crippen LogP contribution in [0, 0.1) is 25.7 Å². The number of aliphatic carboxylic acids is 1. The minimum absolute atomic E-state index is 0.0156. The first-order valence-electron chi connectivity index (χ1n) is 19.1. The van der Waals surface area contributed by atoms with Gasteiger partial charge in [0.15, 0.2) is 6.10 Å². The molecule has 3 saturated heterocycles. The predicted molar refractivity (Wildman–Crippen MR) is 198 cm³/mol. The van der Waals surface area contributed by atoms with Crippen LogP contribution in [0.2, 0.25) is 0 Å². The van der Waals surface area contributed by atoms with E-state index >= 15 is 0 Å². The van der Waals surface area contributed by atoms with E-state index in [0.29, 0.717) is 63.2 Å². The van der Waals surface area contributed by atoms with E-state index in [9.17, 15) is 24.0 Å². The molecule has 4 aliphatic rings. The van der Waals surface area contributed by atoms with Crippen LogP contribution < -0.4 is 10.1 Å². The first-order chi connectivity index (χ1) is 25.4. The highest BCUT2D eigenvalue weighted by Gasteiger charge is 2.37. The maximum absolute atomic E-state index is 14.2. The number of para-hydroxylation sites is 1. The number of fused-ring (bicyclic) bond motifs is 1. The Hall–Kier alpha value is -4.65. The number of carbonyl (C=O) groups is 5. The van der Waals surface area contributed by atoms with Gasteiger partial charge >= 0.3 is 24.1 Å². The minimum atomic E-state index is -1.04. The van der Waals surface area contributed by atoms with Gasteiger partial charge in [-0.15, -0.1) is 0 Å². The van der Waals surface area contributed by atoms with Gasteiger partial charge < -0.3 is 34.6 Å². The minimum Gasteiger partial charge on any atom is -0.480 e. The molecule has 3 fully saturated rings. The Balaban J connectivity index is 1.09. The van der Waals surface area contributed by atoms with Crippen LogP contribution >= 0.6 is 0 Å². The molecule has 0 aromatic heterocycles. The van der Waals surface area contributed by atoms with Crippen LogP contribution in [0.4, 0.5) is 15.3 Å². The zero-order chi connectivity index (χ0) is 37.6. The molecule has 0 saturated carbocycles. The average Bonchev–Trinajstić information content (AvgIpc) is 3.30. The summed E-state index contributed by atoms with van der Waals surface area (Å²) in [7, 11) is 0. The van der Waals surface area contributed by atoms with Crippen molar-refractivity contribution in [1.29, 1.82) is 0 Å². The number of piperidine rings is 3. The standard InChI is InChI=1S/C40H53N5O8/c1-26-22-29(23-27(2)37(26)52-28(3)46)24-35(38(49)43-17-10-31(11-18-43)30-8-15-42(16-9-30)25-36(47)48)53-40(51)44-19-13-33(14-20-44)45-21-12-32-6-4-5-7-34(32)41-39(45)50/h4-7,22-23,30-31,33,35H,8-21,24-25H2,1-3H3,(H,41,50)(H,47,48)/t35-/m1/s1. The van der Waals surface area contributed by atoms with Crippen molar-refractivity contribution in [2.24, 2.45) is 11.8 Å². The second-order valence-electron chi connectivity index (χ2n) is 15.1. The lowest BCUT2D eigenvalue weighted by Gasteiger charge is -2.41. The van der Waals surface area contributed by atoms with Crippen molar-refractivity contribution in [2.45, 2.75) is 84.3 Å². The monoisotopic (exact) mass is 731 g/mol. The number of benzene rings is 2. The lowest BCUT2D eigenvalue weighted by molar-refractivity contribution is -0.142. The lowest BCUT2D eigenvalue weighted by atomic mass is 9.78. The number of esters is 1. The number of carboxylic acids is 1. The van der Waals surface area contributed by atoms with Crippen molar-refractivity contribution < 1.29 is 38.6 Å². The Morgan fingerprint density at radius 3 is 2.08 bits per heavy atom. The molecule has 0 radical (unpaired) electrons. The van der Waals surface area contributed by atoms with Crippen LogP contribution in [0.5, 0.6) is 5.75 Å². The fraction of sp³-hybridized carbons (Fsp3) is 0.575. The number of hydrogen-bond acceptors (Lipinski definition) is 8. The number of ether oxygens (including phenoxy) is 2. The van der Waals surface area contributed by atoms with Gasteiger partial charge in [0.2, 0.25) is 0 Å². The summed E-state index contributed by atoms with van der Waals surface area (Å²) in [6.45, 7) is 9.26. The second kappa shape index (κ2) is 17.0. The van der Waals surface area contributed by atoms with Gasteiger partial charge in [0, 0.05) is 57.8 Å². The number of anilines is 1. The largest absolute Gasteiger partial charge is 0.480 e. The fourth-order valence-corrected chi connectivity index (χ4v) is 8.72. The van der Waals surface area contributed by atoms with Crippen molar-refractivity contribution in [2.75, 3.05) is 57.7 Å². The van der Waals surface area contributed by atoms with Crippen molar-refractivity contribution in [1.82, 2.24) is 19.6 Å². The lowest BCUT2D eigenvalue weighted by Crippen LogP contribution is -2.52. The van der Waals surface area contributed by atoms with Gasteiger partial charge in [-0.05, 0) is 112 Å². The Morgan fingerprint density at radius 2 is 1.45 bits per heavy atom. The third-order valence-electron chi connectivity index (χ3n) is 11.5. The van der Waals surface area contributed by atoms with E-state index in [2.05, 4.69) is 5.32 Å². The molecule has 0 spiro atoms. The van der Waals surface area contributed by atoms with E-state index in [4.69, 9.17) is 14.6 Å². The van der Waals surface area contributed by atoms with Gasteiger partial charge in [-0.25, -0.2) is 9.59 Å². The van der Waals surface area contributed by atoms with Crippen molar-refractivity contribution >= 4 is 35.7 Å². The molecular weight excluding hydrogens is 678 g/mol. The Kier molecular flexibility index (Phi) is 12.2. The molecule has 13 nitrogen and oxygen atoms in total. The topological polar surface area (TPSA) is 149 Å². The van der Waals surface area contributed by atoms with E-state index < -0.39 is 24.1 Å². The fourth-order valence-electron chi connectivity index (χ4n) is 8.72. The molecule has 0 aliphatic carbocycles. The van der Waals surface area contributed by atoms with Crippen molar-refractivity contribution in [3.63, 3.8) is 0 Å². The number of aryl methyl sites for hydroxylation is 2. The van der Waals surface area contributed by atoms with Crippen LogP contribution in [0.15, 0.2) is 36.4 Å². The summed E-state index contributed by atoms with van der Waals surface area (Å²) in [4.78, 5) is 71.3. The van der Waals surface area contributed by atoms with Gasteiger partial charge in [0.1, 0.15) is 5.75 Å². The molecule has 1 atom stereocenters. The van der Waals surface area contributed by atoms with Crippen LogP contribution in [0.1, 0.15) is 67.7 Å². The number of nitrogens with one attached hydrogen (secondary N) is 1. The maximum atomic E-state index is 14.2. The molecule has 2 N–H and O–H groups in total. The Morgan fingerprint density at radius 1 is 0.849 bits per heavy atom. The SMILES string of the molecule is CC(=O)Oc1c(C)cc(C[C@@H](OC(=O)N2CCC(N3CCc4ccccc4NC3=O)CC2)C(=O)N2CCC(C3CCN(CC(=O)O)CC3)CC2)cc1C. The number of hydrogen-bond donors (Lipinski definition) is 2. The first kappa shape index (κ1) is 38.1. The summed E-state index contributed by atoms with van der Waals surface area (Å²) in [5.74, 6) is 0.0313. The Labute approximate surface area is 311 Å². The van der Waals surface area contributed by atoms with Gasteiger partial charge in [-0.1, -0.05) is 30.3 Å². The molecule has 13 heteroatoms. The van der Waals surface area contributed by atoms with Crippen LogP contribution in [0.3, 0.4) is 0 Å². The summed E-state index contributed by atoms with van der Waals surface area (Å²) in [6.07, 6.45) is 4.20. The van der Waals surface area contributed by atoms with E-state index in [1.807, 2.05) is 64.9 Å². The molecule has 2 aromatic carbocycles. The summed E-state index contributed by atoms with van der Waals surface area (Å²) in [6, 6.07) is 11.4. The average molecular weight is 732 g/mol. The number of nitrogens with zero attached hydrogens (tertiary/aromatic N) is 4. The van der Waals surface area contributed by atoms with Crippen LogP contribution in [0.25, 0.3) is 0 Å². The molecule has 4 amide bonds. The highest BCUT2D eigenvalue weighted by atomic mass is 16.6. The predicted octanol–water partition coefficient (Wildman–Crippen LogP) is 4.87. The molecule has 53 heavy (non-hydrogen) atoms. The molecule has 2 aromatic rings. The molecule has 4 aliphatic heterocycles. The normalized spacial score (nSPS) is 19.9. The van der Waals surface area contributed by atoms with Crippen LogP contribution in [-0.2, 0) is 32.0 Å². The van der Waals surface area contributed by atoms with Crippen molar-refractivity contribution in [3.8, 4) is 5.75 Å². The molecule has 4 heterocycles. The molecule has 0 unspecified atom stereocenters. The second-order valence-corrected chi connectivity index (χ2v) is 15.1. The van der Waals surface area contributed by atoms with E-state index in [1.54, 1.807) is 4.90 Å². The third kappa shape index (κ3) is 9.48. The maximum Gasteiger partial charge on any atom is 0.410 e. The zero-order valence-electron chi connectivity index (χ0n) is 31.2. The highest BCUT2D eigenvalue weighted by molar-refractivity contribution is 5.91. The number of rotatable bonds is 9. The van der Waals surface area contributed by atoms with E-state index in [-0.39, 0.29) is 30.9 Å². The molecule has 6 rings (SSSR count). The molecule has 0 bridgehead atoms. The third-order valence-corrected chi connectivity index (χ3v) is 11.5. The van der Waals surface area contributed by atoms with Gasteiger partial charge in [0.05, 0.1) is 6.54 Å². The zero-order valence-corrected chi connectivity index (χ0v) is 31.2. The highest BCUT2D eigenvalue weighted by Crippen LogP contribution is 2.33. The number of carboxylic acid groups (broad SMARTS) is 1. The van der Waals surface area contributed by atoms with E-state index in [0.717, 1.165) is 73.1 Å². The smallest absolute Gasteiger partial charge is 0.410 e. The molecule has 286 valence electrons. The summed E-state index contributed by atoms with van der Waals surface area (Å²) >= 11 is 0. The van der Waals surface area contributed by atoms with Gasteiger partial charge in [-0.3, -0.25) is 19.3 Å². The van der Waals surface area contributed by atoms with Crippen molar-refractivity contribution in [3.05, 3.63) is 58.7 Å². The summed E-state index contributed by atoms with van der Waals surface area (Å²) in [5.41, 5.74) is 4.26. The van der Waals surface area contributed by atoms with E-state index in [1.165, 1.54) is 6.92 Å². The first-order valence-corrected chi connectivity index (χ1v) is 19.1. The quantitative estimate of drug-likeness (QED) is 0.272. The van der Waals surface area contributed by atoms with Crippen LogP contribution in [-0.4, -0.2) is 119 Å². The van der Waals surface area contributed by atoms with Gasteiger partial charge in [0.25, 0.3) is 5.91 Å². The Bertz CT molecular complexity index is 1650. The number of amides is 4. The summed E-state index contributed by atoms with van der Waals surface area (Å²) in [5, 5.41) is 12.2. The number of urea groups is 1. The number of carbonyl (C=O) groups excluding carboxylic acids is 4. The number of likely N-dealkylation sites (tertiary alicyclic amines) is 3. The van der Waals surface area contributed by atoms with Gasteiger partial charge in [-0.2, -0.15) is 0 Å².